The molecule has 1 rings (SSSR count). The molecule has 1 atom stereocenters. The zero-order valence-corrected chi connectivity index (χ0v) is 10.3. The molecule has 5 heteroatoms. The van der Waals surface area contributed by atoms with Crippen molar-refractivity contribution >= 4 is 5.91 Å². The number of hydrogen-bond acceptors (Lipinski definition) is 3. The van der Waals surface area contributed by atoms with E-state index in [-0.39, 0.29) is 11.9 Å². The zero-order valence-electron chi connectivity index (χ0n) is 10.3. The highest BCUT2D eigenvalue weighted by molar-refractivity contribution is 5.92. The number of nitrogens with one attached hydrogen (secondary N) is 3. The third kappa shape index (κ3) is 3.34. The van der Waals surface area contributed by atoms with Crippen LogP contribution >= 0.6 is 0 Å². The summed E-state index contributed by atoms with van der Waals surface area (Å²) in [6.07, 6.45) is 0. The first-order chi connectivity index (χ1) is 7.54. The molecular formula is C11H20N4O. The summed E-state index contributed by atoms with van der Waals surface area (Å²) in [5.74, 6) is 0.218. The number of H-pyrrole nitrogens is 1. The molecule has 1 unspecified atom stereocenters. The second-order valence-corrected chi connectivity index (χ2v) is 4.26. The first kappa shape index (κ1) is 12.7. The maximum absolute atomic E-state index is 11.7. The number of carbonyl (C=O) groups is 1. The summed E-state index contributed by atoms with van der Waals surface area (Å²) in [6.45, 7) is 6.71. The Morgan fingerprint density at radius 3 is 2.69 bits per heavy atom. The Bertz CT molecular complexity index is 346. The molecule has 1 aromatic rings. The second kappa shape index (κ2) is 5.65. The number of amides is 1. The molecule has 16 heavy (non-hydrogen) atoms. The van der Waals surface area contributed by atoms with Gasteiger partial charge in [0, 0.05) is 18.3 Å². The van der Waals surface area contributed by atoms with E-state index in [1.165, 1.54) is 0 Å². The van der Waals surface area contributed by atoms with E-state index in [9.17, 15) is 4.79 Å². The average Bonchev–Trinajstić information content (AvgIpc) is 2.74. The van der Waals surface area contributed by atoms with Crippen LogP contribution in [-0.4, -0.2) is 35.7 Å². The highest BCUT2D eigenvalue weighted by Gasteiger charge is 2.12. The first-order valence-corrected chi connectivity index (χ1v) is 5.55. The molecule has 0 aliphatic rings. The van der Waals surface area contributed by atoms with Crippen molar-refractivity contribution in [1.82, 2.24) is 20.8 Å². The lowest BCUT2D eigenvalue weighted by Crippen LogP contribution is -2.37. The van der Waals surface area contributed by atoms with E-state index in [1.807, 2.05) is 14.0 Å². The third-order valence-corrected chi connectivity index (χ3v) is 2.51. The molecule has 0 spiro atoms. The predicted molar refractivity (Wildman–Crippen MR) is 63.5 cm³/mol. The lowest BCUT2D eigenvalue weighted by molar-refractivity contribution is 0.0945. The summed E-state index contributed by atoms with van der Waals surface area (Å²) >= 11 is 0. The third-order valence-electron chi connectivity index (χ3n) is 2.51. The maximum atomic E-state index is 11.7. The van der Waals surface area contributed by atoms with Crippen LogP contribution in [0.25, 0.3) is 0 Å². The summed E-state index contributed by atoms with van der Waals surface area (Å²) in [5, 5.41) is 12.7. The van der Waals surface area contributed by atoms with Gasteiger partial charge in [0.15, 0.2) is 0 Å². The molecule has 0 fully saturated rings. The van der Waals surface area contributed by atoms with E-state index in [2.05, 4.69) is 34.7 Å². The molecule has 5 nitrogen and oxygen atoms in total. The Morgan fingerprint density at radius 1 is 1.50 bits per heavy atom. The maximum Gasteiger partial charge on any atom is 0.271 e. The lowest BCUT2D eigenvalue weighted by Gasteiger charge is -2.09. The van der Waals surface area contributed by atoms with Crippen molar-refractivity contribution in [2.45, 2.75) is 32.7 Å². The van der Waals surface area contributed by atoms with Crippen LogP contribution in [0.1, 0.15) is 42.9 Å². The zero-order chi connectivity index (χ0) is 12.1. The Morgan fingerprint density at radius 2 is 2.19 bits per heavy atom. The molecule has 1 amide bonds. The van der Waals surface area contributed by atoms with Crippen LogP contribution < -0.4 is 10.6 Å². The molecule has 1 aromatic heterocycles. The van der Waals surface area contributed by atoms with Gasteiger partial charge >= 0.3 is 0 Å². The topological polar surface area (TPSA) is 69.8 Å². The number of nitrogens with zero attached hydrogens (tertiary/aromatic N) is 1. The second-order valence-electron chi connectivity index (χ2n) is 4.26. The number of carbonyl (C=O) groups excluding carboxylic acids is 1. The molecule has 0 aliphatic carbocycles. The van der Waals surface area contributed by atoms with E-state index >= 15 is 0 Å². The van der Waals surface area contributed by atoms with Crippen molar-refractivity contribution in [3.05, 3.63) is 17.5 Å². The highest BCUT2D eigenvalue weighted by atomic mass is 16.1. The van der Waals surface area contributed by atoms with E-state index < -0.39 is 0 Å². The van der Waals surface area contributed by atoms with Crippen LogP contribution in [0.2, 0.25) is 0 Å². The molecule has 0 saturated carbocycles. The van der Waals surface area contributed by atoms with Crippen LogP contribution in [0.5, 0.6) is 0 Å². The van der Waals surface area contributed by atoms with Gasteiger partial charge in [-0.3, -0.25) is 9.89 Å². The summed E-state index contributed by atoms with van der Waals surface area (Å²) in [4.78, 5) is 11.7. The van der Waals surface area contributed by atoms with Gasteiger partial charge in [0.1, 0.15) is 5.69 Å². The molecular weight excluding hydrogens is 204 g/mol. The quantitative estimate of drug-likeness (QED) is 0.695. The van der Waals surface area contributed by atoms with Gasteiger partial charge in [-0.15, -0.1) is 0 Å². The van der Waals surface area contributed by atoms with Crippen molar-refractivity contribution in [2.24, 2.45) is 0 Å². The van der Waals surface area contributed by atoms with E-state index in [1.54, 1.807) is 6.07 Å². The molecule has 0 radical (unpaired) electrons. The van der Waals surface area contributed by atoms with Gasteiger partial charge in [0.05, 0.1) is 0 Å². The largest absolute Gasteiger partial charge is 0.349 e. The number of aromatic nitrogens is 2. The average molecular weight is 224 g/mol. The minimum Gasteiger partial charge on any atom is -0.349 e. The van der Waals surface area contributed by atoms with Crippen molar-refractivity contribution in [3.63, 3.8) is 0 Å². The van der Waals surface area contributed by atoms with Gasteiger partial charge in [-0.1, -0.05) is 13.8 Å². The summed E-state index contributed by atoms with van der Waals surface area (Å²) in [7, 11) is 1.86. The standard InChI is InChI=1S/C11H20N4O/c1-7(2)9-5-10(15-14-9)11(16)13-6-8(3)12-4/h5,7-8,12H,6H2,1-4H3,(H,13,16)(H,14,15). The normalized spacial score (nSPS) is 12.8. The summed E-state index contributed by atoms with van der Waals surface area (Å²) in [6, 6.07) is 2.05. The molecule has 0 aromatic carbocycles. The van der Waals surface area contributed by atoms with Gasteiger partial charge < -0.3 is 10.6 Å². The molecule has 0 bridgehead atoms. The SMILES string of the molecule is CNC(C)CNC(=O)c1cc(C(C)C)[nH]n1. The van der Waals surface area contributed by atoms with Crippen LogP contribution in [0, 0.1) is 0 Å². The van der Waals surface area contributed by atoms with Crippen molar-refractivity contribution in [2.75, 3.05) is 13.6 Å². The Hall–Kier alpha value is -1.36. The number of hydrogen-bond donors (Lipinski definition) is 3. The molecule has 90 valence electrons. The summed E-state index contributed by atoms with van der Waals surface area (Å²) < 4.78 is 0. The van der Waals surface area contributed by atoms with Gasteiger partial charge in [-0.25, -0.2) is 0 Å². The van der Waals surface area contributed by atoms with Crippen molar-refractivity contribution < 1.29 is 4.79 Å². The fraction of sp³-hybridized carbons (Fsp3) is 0.636. The Labute approximate surface area is 96.0 Å². The smallest absolute Gasteiger partial charge is 0.271 e. The lowest BCUT2D eigenvalue weighted by atomic mass is 10.1. The number of rotatable bonds is 5. The van der Waals surface area contributed by atoms with Crippen LogP contribution in [-0.2, 0) is 0 Å². The fourth-order valence-corrected chi connectivity index (χ4v) is 1.19. The molecule has 1 heterocycles. The minimum absolute atomic E-state index is 0.134. The van der Waals surface area contributed by atoms with E-state index in [0.717, 1.165) is 5.69 Å². The van der Waals surface area contributed by atoms with Gasteiger partial charge in [-0.2, -0.15) is 5.10 Å². The predicted octanol–water partition coefficient (Wildman–Crippen LogP) is 0.871. The van der Waals surface area contributed by atoms with E-state index in [4.69, 9.17) is 0 Å². The molecule has 0 saturated heterocycles. The van der Waals surface area contributed by atoms with Gasteiger partial charge in [0.2, 0.25) is 0 Å². The fourth-order valence-electron chi connectivity index (χ4n) is 1.19. The first-order valence-electron chi connectivity index (χ1n) is 5.55. The Kier molecular flexibility index (Phi) is 4.49. The molecule has 3 N–H and O–H groups in total. The monoisotopic (exact) mass is 224 g/mol. The van der Waals surface area contributed by atoms with Crippen LogP contribution in [0.15, 0.2) is 6.07 Å². The highest BCUT2D eigenvalue weighted by Crippen LogP contribution is 2.11. The van der Waals surface area contributed by atoms with E-state index in [0.29, 0.717) is 18.2 Å². The minimum atomic E-state index is -0.134. The van der Waals surface area contributed by atoms with Gasteiger partial charge in [-0.05, 0) is 26.0 Å². The Balaban J connectivity index is 2.53. The number of likely N-dealkylation sites (N-methyl/N-ethyl adjacent to an activating group) is 1. The van der Waals surface area contributed by atoms with Crippen LogP contribution in [0.4, 0.5) is 0 Å². The van der Waals surface area contributed by atoms with Crippen molar-refractivity contribution in [1.29, 1.82) is 0 Å². The van der Waals surface area contributed by atoms with Gasteiger partial charge in [0.25, 0.3) is 5.91 Å². The van der Waals surface area contributed by atoms with Crippen molar-refractivity contribution in [3.8, 4) is 0 Å². The molecule has 0 aliphatic heterocycles. The summed E-state index contributed by atoms with van der Waals surface area (Å²) in [5.41, 5.74) is 1.43. The number of aromatic amines is 1. The van der Waals surface area contributed by atoms with Crippen LogP contribution in [0.3, 0.4) is 0 Å².